The maximum Gasteiger partial charge on any atom is 0.205 e. The first-order chi connectivity index (χ1) is 5.55. The lowest BCUT2D eigenvalue weighted by molar-refractivity contribution is 0.195. The molecule has 0 saturated carbocycles. The Hall–Kier alpha value is -1.23. The molecule has 12 heavy (non-hydrogen) atoms. The predicted octanol–water partition coefficient (Wildman–Crippen LogP) is 2.39. The van der Waals surface area contributed by atoms with E-state index in [4.69, 9.17) is 10.00 Å². The standard InChI is InChI=1S/C10H13NO/c1-10(2,3)8-5-4-6-12-9(8)7-11/h4-6,9H,1-3H3. The van der Waals surface area contributed by atoms with Crippen molar-refractivity contribution in [3.8, 4) is 6.07 Å². The Morgan fingerprint density at radius 2 is 2.17 bits per heavy atom. The minimum atomic E-state index is -0.407. The monoisotopic (exact) mass is 163 g/mol. The summed E-state index contributed by atoms with van der Waals surface area (Å²) in [5.74, 6) is 0. The van der Waals surface area contributed by atoms with Gasteiger partial charge in [-0.1, -0.05) is 26.8 Å². The van der Waals surface area contributed by atoms with Crippen LogP contribution >= 0.6 is 0 Å². The van der Waals surface area contributed by atoms with Crippen molar-refractivity contribution in [1.82, 2.24) is 0 Å². The van der Waals surface area contributed by atoms with Gasteiger partial charge < -0.3 is 4.74 Å². The second kappa shape index (κ2) is 3.02. The SMILES string of the molecule is CC(C)(C)C1=CC=COC1C#N. The van der Waals surface area contributed by atoms with Gasteiger partial charge in [0.2, 0.25) is 6.10 Å². The maximum atomic E-state index is 8.78. The lowest BCUT2D eigenvalue weighted by Crippen LogP contribution is -2.23. The van der Waals surface area contributed by atoms with E-state index < -0.39 is 6.10 Å². The zero-order valence-electron chi connectivity index (χ0n) is 7.66. The summed E-state index contributed by atoms with van der Waals surface area (Å²) in [6.45, 7) is 6.23. The van der Waals surface area contributed by atoms with E-state index in [-0.39, 0.29) is 5.41 Å². The fourth-order valence-electron chi connectivity index (χ4n) is 1.17. The lowest BCUT2D eigenvalue weighted by atomic mass is 9.82. The second-order valence-electron chi connectivity index (χ2n) is 3.85. The normalized spacial score (nSPS) is 22.5. The Morgan fingerprint density at radius 3 is 2.58 bits per heavy atom. The Bertz CT molecular complexity index is 263. The number of hydrogen-bond acceptors (Lipinski definition) is 2. The average molecular weight is 163 g/mol. The van der Waals surface area contributed by atoms with Crippen LogP contribution in [0.25, 0.3) is 0 Å². The molecule has 2 heteroatoms. The predicted molar refractivity (Wildman–Crippen MR) is 47.2 cm³/mol. The third-order valence-corrected chi connectivity index (χ3v) is 1.83. The first kappa shape index (κ1) is 8.86. The van der Waals surface area contributed by atoms with Gasteiger partial charge in [-0.05, 0) is 17.1 Å². The molecule has 2 nitrogen and oxygen atoms in total. The number of rotatable bonds is 0. The highest BCUT2D eigenvalue weighted by Gasteiger charge is 2.26. The van der Waals surface area contributed by atoms with Crippen LogP contribution in [-0.4, -0.2) is 6.10 Å². The van der Waals surface area contributed by atoms with E-state index in [0.717, 1.165) is 5.57 Å². The highest BCUT2D eigenvalue weighted by atomic mass is 16.5. The van der Waals surface area contributed by atoms with Gasteiger partial charge >= 0.3 is 0 Å². The Kier molecular flexibility index (Phi) is 2.23. The molecule has 0 saturated heterocycles. The molecule has 1 heterocycles. The van der Waals surface area contributed by atoms with Crippen LogP contribution in [0.2, 0.25) is 0 Å². The van der Waals surface area contributed by atoms with E-state index in [9.17, 15) is 0 Å². The summed E-state index contributed by atoms with van der Waals surface area (Å²) >= 11 is 0. The number of ether oxygens (including phenoxy) is 1. The van der Waals surface area contributed by atoms with E-state index in [0.29, 0.717) is 0 Å². The lowest BCUT2D eigenvalue weighted by Gasteiger charge is -2.27. The van der Waals surface area contributed by atoms with Crippen molar-refractivity contribution in [2.24, 2.45) is 5.41 Å². The molecule has 0 aromatic heterocycles. The van der Waals surface area contributed by atoms with Gasteiger partial charge in [0, 0.05) is 0 Å². The summed E-state index contributed by atoms with van der Waals surface area (Å²) < 4.78 is 5.16. The van der Waals surface area contributed by atoms with Gasteiger partial charge in [-0.25, -0.2) is 0 Å². The Labute approximate surface area is 73.1 Å². The largest absolute Gasteiger partial charge is 0.479 e. The topological polar surface area (TPSA) is 33.0 Å². The first-order valence-corrected chi connectivity index (χ1v) is 3.98. The van der Waals surface area contributed by atoms with Gasteiger partial charge in [0.05, 0.1) is 6.26 Å². The smallest absolute Gasteiger partial charge is 0.205 e. The summed E-state index contributed by atoms with van der Waals surface area (Å²) in [6.07, 6.45) is 4.93. The van der Waals surface area contributed by atoms with Gasteiger partial charge in [0.1, 0.15) is 6.07 Å². The fourth-order valence-corrected chi connectivity index (χ4v) is 1.17. The van der Waals surface area contributed by atoms with Gasteiger partial charge in [-0.2, -0.15) is 5.26 Å². The van der Waals surface area contributed by atoms with Crippen LogP contribution in [0.1, 0.15) is 20.8 Å². The van der Waals surface area contributed by atoms with Crippen molar-refractivity contribution in [2.45, 2.75) is 26.9 Å². The van der Waals surface area contributed by atoms with Crippen LogP contribution in [0.15, 0.2) is 24.0 Å². The Balaban J connectivity index is 2.93. The minimum absolute atomic E-state index is 0.00512. The molecule has 0 aromatic carbocycles. The summed E-state index contributed by atoms with van der Waals surface area (Å²) in [5.41, 5.74) is 1.04. The molecule has 1 atom stereocenters. The van der Waals surface area contributed by atoms with Gasteiger partial charge in [0.15, 0.2) is 0 Å². The molecule has 0 aromatic rings. The van der Waals surface area contributed by atoms with Gasteiger partial charge in [-0.3, -0.25) is 0 Å². The van der Waals surface area contributed by atoms with Crippen molar-refractivity contribution in [3.05, 3.63) is 24.0 Å². The molecule has 1 rings (SSSR count). The molecule has 0 spiro atoms. The van der Waals surface area contributed by atoms with E-state index in [2.05, 4.69) is 26.8 Å². The number of allylic oxidation sites excluding steroid dienone is 2. The molecule has 1 unspecified atom stereocenters. The molecule has 1 aliphatic rings. The van der Waals surface area contributed by atoms with Crippen LogP contribution in [-0.2, 0) is 4.74 Å². The third-order valence-electron chi connectivity index (χ3n) is 1.83. The van der Waals surface area contributed by atoms with E-state index in [1.54, 1.807) is 6.26 Å². The van der Waals surface area contributed by atoms with Crippen LogP contribution in [0, 0.1) is 16.7 Å². The summed E-state index contributed by atoms with van der Waals surface area (Å²) in [4.78, 5) is 0. The van der Waals surface area contributed by atoms with Crippen LogP contribution < -0.4 is 0 Å². The van der Waals surface area contributed by atoms with Crippen molar-refractivity contribution in [2.75, 3.05) is 0 Å². The molecule has 0 radical (unpaired) electrons. The number of nitriles is 1. The number of nitrogens with zero attached hydrogens (tertiary/aromatic N) is 1. The minimum Gasteiger partial charge on any atom is -0.479 e. The molecular formula is C10H13NO. The molecule has 0 N–H and O–H groups in total. The van der Waals surface area contributed by atoms with Crippen LogP contribution in [0.4, 0.5) is 0 Å². The third kappa shape index (κ3) is 1.68. The van der Waals surface area contributed by atoms with E-state index in [1.807, 2.05) is 12.2 Å². The van der Waals surface area contributed by atoms with E-state index >= 15 is 0 Å². The van der Waals surface area contributed by atoms with Gasteiger partial charge in [0.25, 0.3) is 0 Å². The summed E-state index contributed by atoms with van der Waals surface area (Å²) in [7, 11) is 0. The fraction of sp³-hybridized carbons (Fsp3) is 0.500. The molecule has 64 valence electrons. The number of hydrogen-bond donors (Lipinski definition) is 0. The first-order valence-electron chi connectivity index (χ1n) is 3.98. The van der Waals surface area contributed by atoms with Crippen molar-refractivity contribution >= 4 is 0 Å². The molecule has 0 aliphatic carbocycles. The summed E-state index contributed by atoms with van der Waals surface area (Å²) in [5, 5.41) is 8.78. The zero-order valence-corrected chi connectivity index (χ0v) is 7.66. The highest BCUT2D eigenvalue weighted by molar-refractivity contribution is 5.29. The molecule has 0 fully saturated rings. The zero-order chi connectivity index (χ0) is 9.19. The van der Waals surface area contributed by atoms with Crippen LogP contribution in [0.3, 0.4) is 0 Å². The quantitative estimate of drug-likeness (QED) is 0.549. The maximum absolute atomic E-state index is 8.78. The van der Waals surface area contributed by atoms with E-state index in [1.165, 1.54) is 0 Å². The molecule has 1 aliphatic heterocycles. The van der Waals surface area contributed by atoms with Gasteiger partial charge in [-0.15, -0.1) is 0 Å². The van der Waals surface area contributed by atoms with Crippen molar-refractivity contribution < 1.29 is 4.74 Å². The molecule has 0 bridgehead atoms. The Morgan fingerprint density at radius 1 is 1.50 bits per heavy atom. The van der Waals surface area contributed by atoms with Crippen molar-refractivity contribution in [1.29, 1.82) is 5.26 Å². The molecular weight excluding hydrogens is 150 g/mol. The summed E-state index contributed by atoms with van der Waals surface area (Å²) in [6, 6.07) is 2.12. The second-order valence-corrected chi connectivity index (χ2v) is 3.85. The van der Waals surface area contributed by atoms with Crippen LogP contribution in [0.5, 0.6) is 0 Å². The highest BCUT2D eigenvalue weighted by Crippen LogP contribution is 2.30. The average Bonchev–Trinajstić information content (AvgIpc) is 2.03. The molecule has 0 amide bonds. The van der Waals surface area contributed by atoms with Crippen molar-refractivity contribution in [3.63, 3.8) is 0 Å².